The largest absolute Gasteiger partial charge is 0.497 e. The van der Waals surface area contributed by atoms with Gasteiger partial charge in [0.25, 0.3) is 0 Å². The second-order valence-corrected chi connectivity index (χ2v) is 6.15. The van der Waals surface area contributed by atoms with Crippen molar-refractivity contribution in [2.75, 3.05) is 20.7 Å². The summed E-state index contributed by atoms with van der Waals surface area (Å²) in [6, 6.07) is 7.58. The molecule has 0 aliphatic rings. The zero-order valence-electron chi connectivity index (χ0n) is 17.2. The molecule has 1 heterocycles. The van der Waals surface area contributed by atoms with Gasteiger partial charge in [-0.05, 0) is 25.5 Å². The molecule has 1 unspecified atom stereocenters. The quantitative estimate of drug-likeness (QED) is 0.310. The van der Waals surface area contributed by atoms with Crippen molar-refractivity contribution in [2.24, 2.45) is 4.99 Å². The van der Waals surface area contributed by atoms with Crippen LogP contribution in [0.15, 0.2) is 33.8 Å². The van der Waals surface area contributed by atoms with Gasteiger partial charge in [0.15, 0.2) is 5.96 Å². The van der Waals surface area contributed by atoms with Crippen LogP contribution in [0.5, 0.6) is 11.5 Å². The van der Waals surface area contributed by atoms with Crippen LogP contribution in [0, 0.1) is 0 Å². The van der Waals surface area contributed by atoms with Crippen molar-refractivity contribution in [1.82, 2.24) is 15.8 Å². The first-order chi connectivity index (χ1) is 13.1. The molecule has 156 valence electrons. The monoisotopic (exact) mass is 502 g/mol. The van der Waals surface area contributed by atoms with Gasteiger partial charge in [-0.25, -0.2) is 0 Å². The van der Waals surface area contributed by atoms with Gasteiger partial charge in [-0.2, -0.15) is 0 Å². The molecule has 0 spiro atoms. The van der Waals surface area contributed by atoms with Crippen molar-refractivity contribution in [3.8, 4) is 11.5 Å². The molecule has 1 aromatic heterocycles. The molecule has 8 heteroatoms. The van der Waals surface area contributed by atoms with E-state index in [0.29, 0.717) is 19.0 Å². The molecule has 2 N–H and O–H groups in total. The molecule has 0 fully saturated rings. The molecule has 2 aromatic rings. The lowest BCUT2D eigenvalue weighted by atomic mass is 10.1. The number of aryl methyl sites for hydroxylation is 2. The number of hydrogen-bond donors (Lipinski definition) is 2. The highest BCUT2D eigenvalue weighted by Gasteiger charge is 2.14. The van der Waals surface area contributed by atoms with Crippen LogP contribution >= 0.6 is 24.0 Å². The number of nitrogens with one attached hydrogen (secondary N) is 2. The third-order valence-electron chi connectivity index (χ3n) is 4.20. The summed E-state index contributed by atoms with van der Waals surface area (Å²) in [5.41, 5.74) is 2.10. The first-order valence-electron chi connectivity index (χ1n) is 9.32. The molecule has 1 aromatic carbocycles. The summed E-state index contributed by atoms with van der Waals surface area (Å²) in [4.78, 5) is 4.27. The van der Waals surface area contributed by atoms with Crippen LogP contribution in [0.2, 0.25) is 0 Å². The summed E-state index contributed by atoms with van der Waals surface area (Å²) in [6.45, 7) is 7.38. The van der Waals surface area contributed by atoms with E-state index in [1.807, 2.05) is 31.2 Å². The van der Waals surface area contributed by atoms with Gasteiger partial charge in [0.2, 0.25) is 0 Å². The van der Waals surface area contributed by atoms with Crippen LogP contribution in [0.1, 0.15) is 37.8 Å². The maximum Gasteiger partial charge on any atom is 0.191 e. The Morgan fingerprint density at radius 3 is 2.61 bits per heavy atom. The predicted octanol–water partition coefficient (Wildman–Crippen LogP) is 3.56. The highest BCUT2D eigenvalue weighted by Crippen LogP contribution is 2.19. The zero-order valence-corrected chi connectivity index (χ0v) is 19.6. The first kappa shape index (κ1) is 24.1. The van der Waals surface area contributed by atoms with Gasteiger partial charge in [-0.1, -0.05) is 25.1 Å². The van der Waals surface area contributed by atoms with Gasteiger partial charge in [0, 0.05) is 31.6 Å². The molecule has 0 radical (unpaired) electrons. The summed E-state index contributed by atoms with van der Waals surface area (Å²) in [5, 5.41) is 10.7. The second-order valence-electron chi connectivity index (χ2n) is 6.15. The number of halogens is 1. The van der Waals surface area contributed by atoms with Crippen molar-refractivity contribution in [2.45, 2.75) is 46.3 Å². The van der Waals surface area contributed by atoms with E-state index in [4.69, 9.17) is 14.0 Å². The molecule has 0 bridgehead atoms. The fourth-order valence-electron chi connectivity index (χ4n) is 2.72. The number of hydrogen-bond acceptors (Lipinski definition) is 5. The molecule has 0 saturated heterocycles. The standard InChI is InChI=1S/C20H30N4O3.HI/c1-6-18-17(19(7-2)27-24-18)13-23-20(21-4)22-12-14(3)26-16-10-8-9-15(11-16)25-5;/h8-11,14H,6-7,12-13H2,1-5H3,(H2,21,22,23);1H. The van der Waals surface area contributed by atoms with Crippen LogP contribution in [0.25, 0.3) is 0 Å². The minimum Gasteiger partial charge on any atom is -0.497 e. The number of benzene rings is 1. The van der Waals surface area contributed by atoms with Gasteiger partial charge in [-0.15, -0.1) is 24.0 Å². The molecule has 28 heavy (non-hydrogen) atoms. The van der Waals surface area contributed by atoms with E-state index in [1.165, 1.54) is 0 Å². The number of methoxy groups -OCH3 is 1. The smallest absolute Gasteiger partial charge is 0.191 e. The molecular weight excluding hydrogens is 471 g/mol. The lowest BCUT2D eigenvalue weighted by Gasteiger charge is -2.18. The van der Waals surface area contributed by atoms with Crippen LogP contribution in [-0.2, 0) is 19.4 Å². The summed E-state index contributed by atoms with van der Waals surface area (Å²) >= 11 is 0. The summed E-state index contributed by atoms with van der Waals surface area (Å²) in [7, 11) is 3.39. The normalized spacial score (nSPS) is 12.1. The molecular formula is C20H31IN4O3. The SMILES string of the molecule is CCc1noc(CC)c1CNC(=NC)NCC(C)Oc1cccc(OC)c1.I. The Morgan fingerprint density at radius 1 is 1.21 bits per heavy atom. The van der Waals surface area contributed by atoms with Gasteiger partial charge in [0.05, 0.1) is 19.3 Å². The number of aromatic nitrogens is 1. The maximum absolute atomic E-state index is 5.92. The lowest BCUT2D eigenvalue weighted by molar-refractivity contribution is 0.223. The minimum atomic E-state index is -0.0383. The van der Waals surface area contributed by atoms with Crippen molar-refractivity contribution < 1.29 is 14.0 Å². The Bertz CT molecular complexity index is 727. The van der Waals surface area contributed by atoms with E-state index < -0.39 is 0 Å². The summed E-state index contributed by atoms with van der Waals surface area (Å²) in [6.07, 6.45) is 1.63. The van der Waals surface area contributed by atoms with Crippen molar-refractivity contribution in [3.63, 3.8) is 0 Å². The van der Waals surface area contributed by atoms with Crippen molar-refractivity contribution in [3.05, 3.63) is 41.3 Å². The number of aliphatic imine (C=N–C) groups is 1. The number of nitrogens with zero attached hydrogens (tertiary/aromatic N) is 2. The molecule has 1 atom stereocenters. The molecule has 0 saturated carbocycles. The third kappa shape index (κ3) is 6.88. The summed E-state index contributed by atoms with van der Waals surface area (Å²) < 4.78 is 16.5. The van der Waals surface area contributed by atoms with Gasteiger partial charge in [0.1, 0.15) is 23.4 Å². The fraction of sp³-hybridized carbons (Fsp3) is 0.500. The Labute approximate surface area is 184 Å². The van der Waals surface area contributed by atoms with Crippen LogP contribution in [0.4, 0.5) is 0 Å². The van der Waals surface area contributed by atoms with Gasteiger partial charge in [-0.3, -0.25) is 4.99 Å². The van der Waals surface area contributed by atoms with Gasteiger partial charge >= 0.3 is 0 Å². The Kier molecular flexibility index (Phi) is 10.7. The molecule has 0 aliphatic heterocycles. The number of guanidine groups is 1. The van der Waals surface area contributed by atoms with Crippen LogP contribution < -0.4 is 20.1 Å². The average Bonchev–Trinajstić information content (AvgIpc) is 3.10. The van der Waals surface area contributed by atoms with E-state index in [1.54, 1.807) is 14.2 Å². The van der Waals surface area contributed by atoms with E-state index >= 15 is 0 Å². The van der Waals surface area contributed by atoms with E-state index in [0.717, 1.165) is 41.4 Å². The molecule has 0 aliphatic carbocycles. The van der Waals surface area contributed by atoms with Crippen molar-refractivity contribution >= 4 is 29.9 Å². The molecule has 2 rings (SSSR count). The molecule has 7 nitrogen and oxygen atoms in total. The van der Waals surface area contributed by atoms with E-state index in [2.05, 4.69) is 34.6 Å². The predicted molar refractivity (Wildman–Crippen MR) is 122 cm³/mol. The number of rotatable bonds is 9. The van der Waals surface area contributed by atoms with Crippen LogP contribution in [0.3, 0.4) is 0 Å². The van der Waals surface area contributed by atoms with Crippen LogP contribution in [-0.4, -0.2) is 37.9 Å². The number of ether oxygens (including phenoxy) is 2. The van der Waals surface area contributed by atoms with Crippen molar-refractivity contribution in [1.29, 1.82) is 0 Å². The molecule has 0 amide bonds. The highest BCUT2D eigenvalue weighted by atomic mass is 127. The highest BCUT2D eigenvalue weighted by molar-refractivity contribution is 14.0. The average molecular weight is 502 g/mol. The fourth-order valence-corrected chi connectivity index (χ4v) is 2.72. The lowest BCUT2D eigenvalue weighted by Crippen LogP contribution is -2.41. The Balaban J connectivity index is 0.00000392. The van der Waals surface area contributed by atoms with E-state index in [9.17, 15) is 0 Å². The van der Waals surface area contributed by atoms with E-state index in [-0.39, 0.29) is 30.1 Å². The zero-order chi connectivity index (χ0) is 19.6. The maximum atomic E-state index is 5.92. The first-order valence-corrected chi connectivity index (χ1v) is 9.32. The topological polar surface area (TPSA) is 80.9 Å². The summed E-state index contributed by atoms with van der Waals surface area (Å²) in [5.74, 6) is 3.18. The van der Waals surface area contributed by atoms with Gasteiger partial charge < -0.3 is 24.6 Å². The minimum absolute atomic E-state index is 0. The third-order valence-corrected chi connectivity index (χ3v) is 4.20. The second kappa shape index (κ2) is 12.5. The Morgan fingerprint density at radius 2 is 1.96 bits per heavy atom. The Hall–Kier alpha value is -1.97.